The summed E-state index contributed by atoms with van der Waals surface area (Å²) in [5.41, 5.74) is 1.75. The van der Waals surface area contributed by atoms with E-state index in [0.29, 0.717) is 11.3 Å². The van der Waals surface area contributed by atoms with Crippen LogP contribution in [0, 0.1) is 5.82 Å². The highest BCUT2D eigenvalue weighted by Gasteiger charge is 2.09. The van der Waals surface area contributed by atoms with Gasteiger partial charge in [-0.1, -0.05) is 23.7 Å². The fourth-order valence-corrected chi connectivity index (χ4v) is 3.54. The molecule has 0 aliphatic carbocycles. The molecular formula is C17H12ClFN2OS2. The van der Waals surface area contributed by atoms with E-state index in [0.717, 1.165) is 9.90 Å². The molecule has 2 aromatic carbocycles. The zero-order chi connectivity index (χ0) is 16.9. The molecule has 3 aromatic rings. The molecule has 7 heteroatoms. The number of carbonyl (C=O) groups is 1. The van der Waals surface area contributed by atoms with Gasteiger partial charge in [-0.15, -0.1) is 11.3 Å². The van der Waals surface area contributed by atoms with Crippen molar-refractivity contribution in [2.45, 2.75) is 4.21 Å². The summed E-state index contributed by atoms with van der Waals surface area (Å²) in [6, 6.07) is 15.2. The van der Waals surface area contributed by atoms with E-state index >= 15 is 0 Å². The first kappa shape index (κ1) is 16.8. The maximum absolute atomic E-state index is 13.2. The Morgan fingerprint density at radius 3 is 2.71 bits per heavy atom. The smallest absolute Gasteiger partial charge is 0.255 e. The van der Waals surface area contributed by atoms with Crippen LogP contribution in [0.5, 0.6) is 0 Å². The van der Waals surface area contributed by atoms with Crippen LogP contribution in [0.3, 0.4) is 0 Å². The average Bonchev–Trinajstić information content (AvgIpc) is 3.10. The van der Waals surface area contributed by atoms with Crippen LogP contribution in [0.4, 0.5) is 15.8 Å². The molecule has 1 aromatic heterocycles. The molecule has 0 fully saturated rings. The third kappa shape index (κ3) is 4.29. The number of benzene rings is 2. The number of amides is 1. The number of nitrogens with one attached hydrogen (secondary N) is 2. The third-order valence-electron chi connectivity index (χ3n) is 3.07. The van der Waals surface area contributed by atoms with E-state index in [9.17, 15) is 9.18 Å². The van der Waals surface area contributed by atoms with Crippen molar-refractivity contribution < 1.29 is 9.18 Å². The molecule has 1 heterocycles. The number of hydrogen-bond donors (Lipinski definition) is 2. The van der Waals surface area contributed by atoms with E-state index in [2.05, 4.69) is 10.0 Å². The van der Waals surface area contributed by atoms with Crippen LogP contribution in [-0.4, -0.2) is 5.91 Å². The summed E-state index contributed by atoms with van der Waals surface area (Å²) in [5.74, 6) is -0.811. The Morgan fingerprint density at radius 2 is 1.96 bits per heavy atom. The van der Waals surface area contributed by atoms with Crippen molar-refractivity contribution >= 4 is 52.2 Å². The molecule has 0 unspecified atom stereocenters. The SMILES string of the molecule is O=C(Nc1ccc(F)c(Cl)c1)c1cccc(NSc2cccs2)c1. The number of thiophene rings is 1. The summed E-state index contributed by atoms with van der Waals surface area (Å²) >= 11 is 8.84. The summed E-state index contributed by atoms with van der Waals surface area (Å²) in [6.07, 6.45) is 0. The van der Waals surface area contributed by atoms with E-state index in [1.54, 1.807) is 29.5 Å². The Labute approximate surface area is 152 Å². The van der Waals surface area contributed by atoms with Gasteiger partial charge >= 0.3 is 0 Å². The van der Waals surface area contributed by atoms with Crippen LogP contribution in [0.25, 0.3) is 0 Å². The summed E-state index contributed by atoms with van der Waals surface area (Å²) in [6.45, 7) is 0. The lowest BCUT2D eigenvalue weighted by Crippen LogP contribution is -2.12. The van der Waals surface area contributed by atoms with E-state index < -0.39 is 5.82 Å². The minimum atomic E-state index is -0.522. The van der Waals surface area contributed by atoms with Crippen LogP contribution in [-0.2, 0) is 0 Å². The summed E-state index contributed by atoms with van der Waals surface area (Å²) in [5, 5.41) is 4.67. The number of rotatable bonds is 5. The first-order valence-corrected chi connectivity index (χ1v) is 9.02. The van der Waals surface area contributed by atoms with Crippen LogP contribution >= 0.6 is 34.9 Å². The lowest BCUT2D eigenvalue weighted by Gasteiger charge is -2.08. The number of halogens is 2. The van der Waals surface area contributed by atoms with Crippen LogP contribution in [0.1, 0.15) is 10.4 Å². The molecular weight excluding hydrogens is 367 g/mol. The van der Waals surface area contributed by atoms with Crippen molar-refractivity contribution in [1.82, 2.24) is 0 Å². The Hall–Kier alpha value is -2.02. The standard InChI is InChI=1S/C17H12ClFN2OS2/c18-14-10-12(6-7-15(14)19)20-17(22)11-3-1-4-13(9-11)21-24-16-5-2-8-23-16/h1-10,21H,(H,20,22). The van der Waals surface area contributed by atoms with Gasteiger partial charge in [0.25, 0.3) is 5.91 Å². The molecule has 3 rings (SSSR count). The van der Waals surface area contributed by atoms with Crippen molar-refractivity contribution in [1.29, 1.82) is 0 Å². The van der Waals surface area contributed by atoms with Crippen LogP contribution in [0.2, 0.25) is 5.02 Å². The molecule has 0 saturated heterocycles. The van der Waals surface area contributed by atoms with E-state index in [-0.39, 0.29) is 10.9 Å². The molecule has 122 valence electrons. The molecule has 1 amide bonds. The Bertz CT molecular complexity index is 856. The first-order valence-electron chi connectivity index (χ1n) is 6.94. The van der Waals surface area contributed by atoms with E-state index in [1.165, 1.54) is 30.1 Å². The maximum atomic E-state index is 13.2. The zero-order valence-corrected chi connectivity index (χ0v) is 14.6. The van der Waals surface area contributed by atoms with Crippen molar-refractivity contribution in [3.05, 3.63) is 76.4 Å². The van der Waals surface area contributed by atoms with Gasteiger partial charge in [0.2, 0.25) is 0 Å². The summed E-state index contributed by atoms with van der Waals surface area (Å²) in [7, 11) is 0. The molecule has 0 radical (unpaired) electrons. The first-order chi connectivity index (χ1) is 11.6. The summed E-state index contributed by atoms with van der Waals surface area (Å²) in [4.78, 5) is 12.3. The van der Waals surface area contributed by atoms with Gasteiger partial charge in [0.15, 0.2) is 0 Å². The highest BCUT2D eigenvalue weighted by atomic mass is 35.5. The van der Waals surface area contributed by atoms with Gasteiger partial charge in [-0.3, -0.25) is 4.79 Å². The normalized spacial score (nSPS) is 10.4. The van der Waals surface area contributed by atoms with E-state index in [4.69, 9.17) is 11.6 Å². The molecule has 0 spiro atoms. The predicted molar refractivity (Wildman–Crippen MR) is 99.6 cm³/mol. The topological polar surface area (TPSA) is 41.1 Å². The second-order valence-electron chi connectivity index (χ2n) is 4.80. The molecule has 24 heavy (non-hydrogen) atoms. The van der Waals surface area contributed by atoms with Gasteiger partial charge < -0.3 is 10.0 Å². The number of carbonyl (C=O) groups excluding carboxylic acids is 1. The second kappa shape index (κ2) is 7.70. The molecule has 2 N–H and O–H groups in total. The molecule has 0 atom stereocenters. The lowest BCUT2D eigenvalue weighted by molar-refractivity contribution is 0.102. The summed E-state index contributed by atoms with van der Waals surface area (Å²) < 4.78 is 17.5. The quantitative estimate of drug-likeness (QED) is 0.542. The average molecular weight is 379 g/mol. The third-order valence-corrected chi connectivity index (χ3v) is 5.23. The highest BCUT2D eigenvalue weighted by molar-refractivity contribution is 8.02. The van der Waals surface area contributed by atoms with Gasteiger partial charge in [-0.05, 0) is 59.8 Å². The van der Waals surface area contributed by atoms with Crippen molar-refractivity contribution in [3.8, 4) is 0 Å². The van der Waals surface area contributed by atoms with E-state index in [1.807, 2.05) is 23.6 Å². The Morgan fingerprint density at radius 1 is 1.08 bits per heavy atom. The van der Waals surface area contributed by atoms with Gasteiger partial charge in [-0.2, -0.15) is 0 Å². The van der Waals surface area contributed by atoms with Crippen LogP contribution < -0.4 is 10.0 Å². The van der Waals surface area contributed by atoms with Gasteiger partial charge in [0.1, 0.15) is 5.82 Å². The molecule has 3 nitrogen and oxygen atoms in total. The molecule has 0 saturated carbocycles. The van der Waals surface area contributed by atoms with Crippen molar-refractivity contribution in [2.24, 2.45) is 0 Å². The van der Waals surface area contributed by atoms with Gasteiger partial charge in [0, 0.05) is 16.9 Å². The largest absolute Gasteiger partial charge is 0.325 e. The minimum Gasteiger partial charge on any atom is -0.325 e. The number of hydrogen-bond acceptors (Lipinski definition) is 4. The molecule has 0 aliphatic heterocycles. The van der Waals surface area contributed by atoms with Crippen molar-refractivity contribution in [2.75, 3.05) is 10.0 Å². The fraction of sp³-hybridized carbons (Fsp3) is 0. The van der Waals surface area contributed by atoms with Gasteiger partial charge in [0.05, 0.1) is 9.23 Å². The van der Waals surface area contributed by atoms with Gasteiger partial charge in [-0.25, -0.2) is 4.39 Å². The molecule has 0 bridgehead atoms. The van der Waals surface area contributed by atoms with Crippen LogP contribution in [0.15, 0.2) is 64.2 Å². The number of anilines is 2. The highest BCUT2D eigenvalue weighted by Crippen LogP contribution is 2.26. The Kier molecular flexibility index (Phi) is 5.40. The second-order valence-corrected chi connectivity index (χ2v) is 7.26. The predicted octanol–water partition coefficient (Wildman–Crippen LogP) is 5.91. The minimum absolute atomic E-state index is 0.0319. The van der Waals surface area contributed by atoms with Crippen molar-refractivity contribution in [3.63, 3.8) is 0 Å². The molecule has 0 aliphatic rings. The monoisotopic (exact) mass is 378 g/mol. The lowest BCUT2D eigenvalue weighted by atomic mass is 10.2. The Balaban J connectivity index is 1.68. The fourth-order valence-electron chi connectivity index (χ4n) is 1.93. The maximum Gasteiger partial charge on any atom is 0.255 e. The zero-order valence-electron chi connectivity index (χ0n) is 12.3.